The molecule has 1 aromatic rings. The second-order valence-electron chi connectivity index (χ2n) is 5.64. The van der Waals surface area contributed by atoms with Crippen LogP contribution in [0.2, 0.25) is 0 Å². The molecule has 0 amide bonds. The maximum Gasteiger partial charge on any atom is 0.0245 e. The van der Waals surface area contributed by atoms with Crippen LogP contribution in [0.5, 0.6) is 0 Å². The number of allylic oxidation sites excluding steroid dienone is 1. The van der Waals surface area contributed by atoms with Gasteiger partial charge in [-0.05, 0) is 49.1 Å². The molecule has 0 bridgehead atoms. The maximum atomic E-state index is 5.76. The minimum atomic E-state index is 0.455. The lowest BCUT2D eigenvalue weighted by atomic mass is 9.92. The second-order valence-corrected chi connectivity index (χ2v) is 5.64. The normalized spacial score (nSPS) is 16.3. The van der Waals surface area contributed by atoms with Gasteiger partial charge in [0.1, 0.15) is 0 Å². The number of hydrogen-bond acceptors (Lipinski definition) is 2. The Kier molecular flexibility index (Phi) is 5.62. The lowest BCUT2D eigenvalue weighted by Crippen LogP contribution is -2.41. The lowest BCUT2D eigenvalue weighted by molar-refractivity contribution is 0.339. The molecule has 1 aliphatic carbocycles. The Balaban J connectivity index is 1.78. The molecule has 0 saturated heterocycles. The molecule has 1 atom stereocenters. The molecule has 0 saturated carbocycles. The molecule has 0 heterocycles. The maximum absolute atomic E-state index is 5.76. The number of rotatable bonds is 8. The van der Waals surface area contributed by atoms with Crippen LogP contribution in [0.25, 0.3) is 0 Å². The number of hydrogen-bond donors (Lipinski definition) is 2. The number of hydrazine groups is 1. The van der Waals surface area contributed by atoms with Crippen molar-refractivity contribution in [2.45, 2.75) is 51.0 Å². The van der Waals surface area contributed by atoms with Crippen molar-refractivity contribution in [2.24, 2.45) is 11.8 Å². The molecule has 104 valence electrons. The summed E-state index contributed by atoms with van der Waals surface area (Å²) >= 11 is 0. The van der Waals surface area contributed by atoms with E-state index in [1.165, 1.54) is 49.7 Å². The van der Waals surface area contributed by atoms with Crippen LogP contribution in [-0.4, -0.2) is 6.04 Å². The predicted octanol–water partition coefficient (Wildman–Crippen LogP) is 3.37. The molecule has 0 fully saturated rings. The van der Waals surface area contributed by atoms with E-state index in [0.717, 1.165) is 6.42 Å². The predicted molar refractivity (Wildman–Crippen MR) is 81.7 cm³/mol. The summed E-state index contributed by atoms with van der Waals surface area (Å²) in [5, 5.41) is 0. The van der Waals surface area contributed by atoms with Crippen molar-refractivity contribution in [3.63, 3.8) is 0 Å². The van der Waals surface area contributed by atoms with Gasteiger partial charge in [0.15, 0.2) is 0 Å². The van der Waals surface area contributed by atoms with Gasteiger partial charge in [0.05, 0.1) is 0 Å². The number of benzene rings is 1. The van der Waals surface area contributed by atoms with Crippen LogP contribution in [0.1, 0.15) is 43.2 Å². The zero-order valence-electron chi connectivity index (χ0n) is 11.8. The molecule has 0 aromatic heterocycles. The Hall–Kier alpha value is -1.12. The molecule has 2 nitrogen and oxygen atoms in total. The third-order valence-corrected chi connectivity index (χ3v) is 4.29. The smallest absolute Gasteiger partial charge is 0.0245 e. The number of fused-ring (bicyclic) bond motifs is 1. The largest absolute Gasteiger partial charge is 0.271 e. The van der Waals surface area contributed by atoms with Gasteiger partial charge in [0.25, 0.3) is 0 Å². The van der Waals surface area contributed by atoms with E-state index in [4.69, 9.17) is 5.84 Å². The van der Waals surface area contributed by atoms with Gasteiger partial charge < -0.3 is 0 Å². The van der Waals surface area contributed by atoms with Gasteiger partial charge in [-0.15, -0.1) is 6.58 Å². The highest BCUT2D eigenvalue weighted by atomic mass is 15.2. The fourth-order valence-electron chi connectivity index (χ4n) is 3.16. The summed E-state index contributed by atoms with van der Waals surface area (Å²) in [5.74, 6) is 6.43. The molecular weight excluding hydrogens is 232 g/mol. The van der Waals surface area contributed by atoms with Crippen LogP contribution in [0.3, 0.4) is 0 Å². The van der Waals surface area contributed by atoms with E-state index < -0.39 is 0 Å². The average molecular weight is 258 g/mol. The SMILES string of the molecule is C=CCCCCCC(NN)C1Cc2ccccc2C1. The van der Waals surface area contributed by atoms with E-state index in [9.17, 15) is 0 Å². The van der Waals surface area contributed by atoms with Gasteiger partial charge in [0, 0.05) is 6.04 Å². The Morgan fingerprint density at radius 3 is 2.47 bits per heavy atom. The summed E-state index contributed by atoms with van der Waals surface area (Å²) in [6, 6.07) is 9.25. The van der Waals surface area contributed by atoms with Crippen LogP contribution in [0, 0.1) is 5.92 Å². The monoisotopic (exact) mass is 258 g/mol. The van der Waals surface area contributed by atoms with E-state index >= 15 is 0 Å². The van der Waals surface area contributed by atoms with E-state index in [-0.39, 0.29) is 0 Å². The first-order chi connectivity index (χ1) is 9.35. The van der Waals surface area contributed by atoms with Crippen LogP contribution in [-0.2, 0) is 12.8 Å². The first-order valence-corrected chi connectivity index (χ1v) is 7.49. The molecule has 2 heteroatoms. The van der Waals surface area contributed by atoms with Gasteiger partial charge in [-0.25, -0.2) is 0 Å². The summed E-state index contributed by atoms with van der Waals surface area (Å²) in [6.07, 6.45) is 10.5. The zero-order chi connectivity index (χ0) is 13.5. The number of nitrogens with two attached hydrogens (primary N) is 1. The van der Waals surface area contributed by atoms with E-state index in [1.807, 2.05) is 6.08 Å². The topological polar surface area (TPSA) is 38.0 Å². The molecule has 0 spiro atoms. The summed E-state index contributed by atoms with van der Waals surface area (Å²) < 4.78 is 0. The van der Waals surface area contributed by atoms with Crippen LogP contribution >= 0.6 is 0 Å². The Bertz CT molecular complexity index is 375. The molecule has 2 rings (SSSR count). The first kappa shape index (κ1) is 14.3. The van der Waals surface area contributed by atoms with E-state index in [1.54, 1.807) is 0 Å². The molecule has 1 unspecified atom stereocenters. The summed E-state index contributed by atoms with van der Waals surface area (Å²) in [7, 11) is 0. The molecule has 19 heavy (non-hydrogen) atoms. The van der Waals surface area contributed by atoms with Crippen LogP contribution < -0.4 is 11.3 Å². The fraction of sp³-hybridized carbons (Fsp3) is 0.529. The average Bonchev–Trinajstić information content (AvgIpc) is 2.86. The molecular formula is C17H26N2. The van der Waals surface area contributed by atoms with Crippen molar-refractivity contribution in [1.82, 2.24) is 5.43 Å². The molecule has 3 N–H and O–H groups in total. The Morgan fingerprint density at radius 1 is 1.21 bits per heavy atom. The standard InChI is InChI=1S/C17H26N2/c1-2-3-4-5-6-11-17(19-18)16-12-14-9-7-8-10-15(14)13-16/h2,7-10,16-17,19H,1,3-6,11-13,18H2. The first-order valence-electron chi connectivity index (χ1n) is 7.49. The third-order valence-electron chi connectivity index (χ3n) is 4.29. The van der Waals surface area contributed by atoms with Crippen molar-refractivity contribution >= 4 is 0 Å². The highest BCUT2D eigenvalue weighted by Crippen LogP contribution is 2.30. The van der Waals surface area contributed by atoms with Gasteiger partial charge in [0.2, 0.25) is 0 Å². The highest BCUT2D eigenvalue weighted by Gasteiger charge is 2.27. The van der Waals surface area contributed by atoms with Gasteiger partial charge in [-0.1, -0.05) is 43.2 Å². The van der Waals surface area contributed by atoms with E-state index in [2.05, 4.69) is 36.3 Å². The number of nitrogens with one attached hydrogen (secondary N) is 1. The Morgan fingerprint density at radius 2 is 1.89 bits per heavy atom. The third kappa shape index (κ3) is 3.92. The fourth-order valence-corrected chi connectivity index (χ4v) is 3.16. The van der Waals surface area contributed by atoms with Crippen LogP contribution in [0.4, 0.5) is 0 Å². The molecule has 0 radical (unpaired) electrons. The second kappa shape index (κ2) is 7.46. The van der Waals surface area contributed by atoms with Crippen molar-refractivity contribution in [3.8, 4) is 0 Å². The van der Waals surface area contributed by atoms with E-state index in [0.29, 0.717) is 12.0 Å². The Labute approximate surface area is 117 Å². The van der Waals surface area contributed by atoms with Gasteiger partial charge >= 0.3 is 0 Å². The number of unbranched alkanes of at least 4 members (excludes halogenated alkanes) is 3. The van der Waals surface area contributed by atoms with Crippen molar-refractivity contribution < 1.29 is 0 Å². The van der Waals surface area contributed by atoms with Crippen LogP contribution in [0.15, 0.2) is 36.9 Å². The lowest BCUT2D eigenvalue weighted by Gasteiger charge is -2.22. The van der Waals surface area contributed by atoms with Crippen molar-refractivity contribution in [1.29, 1.82) is 0 Å². The highest BCUT2D eigenvalue weighted by molar-refractivity contribution is 5.32. The van der Waals surface area contributed by atoms with Gasteiger partial charge in [-0.3, -0.25) is 11.3 Å². The summed E-state index contributed by atoms with van der Waals surface area (Å²) in [5.41, 5.74) is 6.08. The van der Waals surface area contributed by atoms with Crippen molar-refractivity contribution in [2.75, 3.05) is 0 Å². The molecule has 1 aliphatic rings. The molecule has 0 aliphatic heterocycles. The van der Waals surface area contributed by atoms with Gasteiger partial charge in [-0.2, -0.15) is 0 Å². The summed E-state index contributed by atoms with van der Waals surface area (Å²) in [4.78, 5) is 0. The zero-order valence-corrected chi connectivity index (χ0v) is 11.8. The minimum absolute atomic E-state index is 0.455. The van der Waals surface area contributed by atoms with Crippen molar-refractivity contribution in [3.05, 3.63) is 48.0 Å². The quantitative estimate of drug-likeness (QED) is 0.325. The minimum Gasteiger partial charge on any atom is -0.271 e. The molecule has 1 aromatic carbocycles. The summed E-state index contributed by atoms with van der Waals surface area (Å²) in [6.45, 7) is 3.76.